The van der Waals surface area contributed by atoms with Crippen LogP contribution in [0.15, 0.2) is 30.5 Å². The van der Waals surface area contributed by atoms with Gasteiger partial charge in [-0.05, 0) is 17.5 Å². The van der Waals surface area contributed by atoms with Crippen LogP contribution in [-0.4, -0.2) is 39.3 Å². The number of H-pyrrole nitrogens is 1. The fourth-order valence-electron chi connectivity index (χ4n) is 2.60. The number of aromatic amines is 1. The molecule has 0 spiro atoms. The van der Waals surface area contributed by atoms with Gasteiger partial charge in [-0.1, -0.05) is 24.3 Å². The second-order valence-electron chi connectivity index (χ2n) is 4.55. The number of aromatic nitrogens is 3. The smallest absolute Gasteiger partial charge is 0.276 e. The summed E-state index contributed by atoms with van der Waals surface area (Å²) in [5.41, 5.74) is 8.59. The summed E-state index contributed by atoms with van der Waals surface area (Å²) in [6.45, 7) is 1.06. The maximum absolute atomic E-state index is 12.4. The Labute approximate surface area is 110 Å². The largest absolute Gasteiger partial charge is 0.329 e. The molecule has 1 aromatic carbocycles. The molecule has 3 N–H and O–H groups in total. The van der Waals surface area contributed by atoms with Crippen LogP contribution in [0.25, 0.3) is 0 Å². The number of fused-ring (bicyclic) bond motifs is 1. The van der Waals surface area contributed by atoms with Crippen LogP contribution in [0.4, 0.5) is 0 Å². The third-order valence-electron chi connectivity index (χ3n) is 3.53. The van der Waals surface area contributed by atoms with Crippen molar-refractivity contribution in [2.75, 3.05) is 13.1 Å². The minimum absolute atomic E-state index is 0.0887. The molecule has 1 aliphatic rings. The van der Waals surface area contributed by atoms with Crippen LogP contribution < -0.4 is 5.73 Å². The van der Waals surface area contributed by atoms with Gasteiger partial charge < -0.3 is 10.6 Å². The zero-order chi connectivity index (χ0) is 13.2. The highest BCUT2D eigenvalue weighted by atomic mass is 16.2. The molecule has 19 heavy (non-hydrogen) atoms. The first-order valence-corrected chi connectivity index (χ1v) is 6.26. The van der Waals surface area contributed by atoms with E-state index in [-0.39, 0.29) is 11.9 Å². The van der Waals surface area contributed by atoms with E-state index in [1.807, 2.05) is 18.2 Å². The lowest BCUT2D eigenvalue weighted by atomic mass is 9.92. The Bertz CT molecular complexity index is 580. The van der Waals surface area contributed by atoms with Crippen molar-refractivity contribution < 1.29 is 4.79 Å². The Morgan fingerprint density at radius 3 is 3.05 bits per heavy atom. The van der Waals surface area contributed by atoms with E-state index in [1.165, 1.54) is 11.8 Å². The molecule has 0 fully saturated rings. The van der Waals surface area contributed by atoms with Crippen molar-refractivity contribution in [2.45, 2.75) is 12.5 Å². The molecule has 1 amide bonds. The molecular formula is C13H15N5O. The highest BCUT2D eigenvalue weighted by molar-refractivity contribution is 5.92. The molecule has 6 nitrogen and oxygen atoms in total. The van der Waals surface area contributed by atoms with Crippen LogP contribution in [-0.2, 0) is 6.42 Å². The Kier molecular flexibility index (Phi) is 3.00. The topological polar surface area (TPSA) is 87.9 Å². The van der Waals surface area contributed by atoms with Crippen molar-refractivity contribution in [1.29, 1.82) is 0 Å². The second-order valence-corrected chi connectivity index (χ2v) is 4.55. The zero-order valence-electron chi connectivity index (χ0n) is 10.4. The first-order valence-electron chi connectivity index (χ1n) is 6.26. The molecular weight excluding hydrogens is 242 g/mol. The molecule has 1 atom stereocenters. The number of amides is 1. The van der Waals surface area contributed by atoms with E-state index >= 15 is 0 Å². The van der Waals surface area contributed by atoms with E-state index in [2.05, 4.69) is 21.5 Å². The van der Waals surface area contributed by atoms with E-state index in [0.717, 1.165) is 12.0 Å². The normalized spacial score (nSPS) is 18.2. The number of hydrogen-bond acceptors (Lipinski definition) is 4. The molecule has 6 heteroatoms. The minimum Gasteiger partial charge on any atom is -0.329 e. The van der Waals surface area contributed by atoms with Gasteiger partial charge in [-0.2, -0.15) is 15.4 Å². The van der Waals surface area contributed by atoms with Gasteiger partial charge in [-0.25, -0.2) is 0 Å². The Balaban J connectivity index is 1.94. The number of nitrogens with zero attached hydrogens (tertiary/aromatic N) is 3. The first-order chi connectivity index (χ1) is 9.31. The third-order valence-corrected chi connectivity index (χ3v) is 3.53. The Morgan fingerprint density at radius 2 is 2.32 bits per heavy atom. The fraction of sp³-hybridized carbons (Fsp3) is 0.308. The molecule has 0 bridgehead atoms. The van der Waals surface area contributed by atoms with Gasteiger partial charge in [0.05, 0.1) is 12.2 Å². The van der Waals surface area contributed by atoms with Crippen LogP contribution in [0.1, 0.15) is 27.7 Å². The van der Waals surface area contributed by atoms with Crippen molar-refractivity contribution in [3.05, 3.63) is 47.3 Å². The van der Waals surface area contributed by atoms with Crippen molar-refractivity contribution >= 4 is 5.91 Å². The number of hydrogen-bond donors (Lipinski definition) is 2. The van der Waals surface area contributed by atoms with Gasteiger partial charge in [0.1, 0.15) is 0 Å². The standard InChI is InChI=1S/C13H15N5O/c14-7-12-10-4-2-1-3-9(10)5-6-18(12)13(19)11-8-15-17-16-11/h1-4,8,12H,5-7,14H2,(H,15,16,17). The predicted molar refractivity (Wildman–Crippen MR) is 69.4 cm³/mol. The molecule has 1 unspecified atom stereocenters. The van der Waals surface area contributed by atoms with Gasteiger partial charge in [0.25, 0.3) is 5.91 Å². The lowest BCUT2D eigenvalue weighted by Crippen LogP contribution is -2.43. The molecule has 2 heterocycles. The number of benzene rings is 1. The zero-order valence-corrected chi connectivity index (χ0v) is 10.4. The Morgan fingerprint density at radius 1 is 1.47 bits per heavy atom. The number of carbonyl (C=O) groups excluding carboxylic acids is 1. The van der Waals surface area contributed by atoms with Crippen LogP contribution >= 0.6 is 0 Å². The summed E-state index contributed by atoms with van der Waals surface area (Å²) in [6, 6.07) is 8.03. The lowest BCUT2D eigenvalue weighted by molar-refractivity contribution is 0.0661. The number of nitrogens with two attached hydrogens (primary N) is 1. The average molecular weight is 257 g/mol. The first kappa shape index (κ1) is 11.9. The third kappa shape index (κ3) is 2.00. The van der Waals surface area contributed by atoms with Crippen molar-refractivity contribution in [3.8, 4) is 0 Å². The Hall–Kier alpha value is -2.21. The maximum atomic E-state index is 12.4. The number of carbonyl (C=O) groups is 1. The predicted octanol–water partition coefficient (Wildman–Crippen LogP) is 0.503. The van der Waals surface area contributed by atoms with Crippen LogP contribution in [0, 0.1) is 0 Å². The van der Waals surface area contributed by atoms with Crippen LogP contribution in [0.2, 0.25) is 0 Å². The average Bonchev–Trinajstić information content (AvgIpc) is 2.99. The molecule has 0 aliphatic carbocycles. The monoisotopic (exact) mass is 257 g/mol. The molecule has 0 saturated carbocycles. The van der Waals surface area contributed by atoms with Crippen molar-refractivity contribution in [3.63, 3.8) is 0 Å². The fourth-order valence-corrected chi connectivity index (χ4v) is 2.60. The number of nitrogens with one attached hydrogen (secondary N) is 1. The highest BCUT2D eigenvalue weighted by Gasteiger charge is 2.31. The van der Waals surface area contributed by atoms with Crippen molar-refractivity contribution in [2.24, 2.45) is 5.73 Å². The van der Waals surface area contributed by atoms with E-state index in [4.69, 9.17) is 5.73 Å². The van der Waals surface area contributed by atoms with E-state index in [9.17, 15) is 4.79 Å². The molecule has 0 saturated heterocycles. The lowest BCUT2D eigenvalue weighted by Gasteiger charge is -2.36. The SMILES string of the molecule is NCC1c2ccccc2CCN1C(=O)c1cn[nH]n1. The van der Waals surface area contributed by atoms with E-state index < -0.39 is 0 Å². The summed E-state index contributed by atoms with van der Waals surface area (Å²) in [7, 11) is 0. The summed E-state index contributed by atoms with van der Waals surface area (Å²) in [5, 5.41) is 9.99. The summed E-state index contributed by atoms with van der Waals surface area (Å²) < 4.78 is 0. The number of rotatable bonds is 2. The maximum Gasteiger partial charge on any atom is 0.276 e. The minimum atomic E-state index is -0.126. The molecule has 1 aromatic heterocycles. The summed E-state index contributed by atoms with van der Waals surface area (Å²) >= 11 is 0. The molecule has 0 radical (unpaired) electrons. The molecule has 3 rings (SSSR count). The molecule has 98 valence electrons. The summed E-state index contributed by atoms with van der Waals surface area (Å²) in [5.74, 6) is -0.126. The molecule has 1 aliphatic heterocycles. The second kappa shape index (κ2) is 4.81. The van der Waals surface area contributed by atoms with Gasteiger partial charge in [-0.15, -0.1) is 0 Å². The van der Waals surface area contributed by atoms with Gasteiger partial charge in [0.15, 0.2) is 5.69 Å². The van der Waals surface area contributed by atoms with Gasteiger partial charge in [-0.3, -0.25) is 4.79 Å². The summed E-state index contributed by atoms with van der Waals surface area (Å²) in [4.78, 5) is 14.2. The van der Waals surface area contributed by atoms with Crippen LogP contribution in [0.3, 0.4) is 0 Å². The van der Waals surface area contributed by atoms with Gasteiger partial charge in [0.2, 0.25) is 0 Å². The molecule has 2 aromatic rings. The van der Waals surface area contributed by atoms with Crippen molar-refractivity contribution in [1.82, 2.24) is 20.3 Å². The summed E-state index contributed by atoms with van der Waals surface area (Å²) in [6.07, 6.45) is 2.28. The van der Waals surface area contributed by atoms with Crippen LogP contribution in [0.5, 0.6) is 0 Å². The van der Waals surface area contributed by atoms with Gasteiger partial charge >= 0.3 is 0 Å². The van der Waals surface area contributed by atoms with E-state index in [0.29, 0.717) is 18.8 Å². The highest BCUT2D eigenvalue weighted by Crippen LogP contribution is 2.29. The quantitative estimate of drug-likeness (QED) is 0.820. The van der Waals surface area contributed by atoms with Gasteiger partial charge in [0, 0.05) is 13.1 Å². The van der Waals surface area contributed by atoms with E-state index in [1.54, 1.807) is 4.90 Å².